The molecule has 4 saturated heterocycles. The molecule has 3 aromatic carbocycles. The second kappa shape index (κ2) is 26.8. The monoisotopic (exact) mass is 1230 g/mol. The number of pyridine rings is 3. The smallest absolute Gasteiger partial charge is 0.257 e. The third kappa shape index (κ3) is 14.1. The number of methoxy groups -OCH3 is 1. The molecule has 11 rings (SSSR count). The Hall–Kier alpha value is -6.89. The fourth-order valence-electron chi connectivity index (χ4n) is 10.6. The fourth-order valence-corrected chi connectivity index (χ4v) is 11.2. The highest BCUT2D eigenvalue weighted by molar-refractivity contribution is 9.10. The molecule has 0 unspecified atom stereocenters. The van der Waals surface area contributed by atoms with Crippen LogP contribution in [0.3, 0.4) is 0 Å². The number of anilines is 3. The Balaban J connectivity index is 0.000000176. The van der Waals surface area contributed by atoms with Gasteiger partial charge in [-0.2, -0.15) is 0 Å². The molecular weight excluding hydrogens is 1170 g/mol. The Morgan fingerprint density at radius 2 is 1.12 bits per heavy atom. The number of nitrogens with zero attached hydrogens (tertiary/aromatic N) is 10. The van der Waals surface area contributed by atoms with E-state index in [1.165, 1.54) is 30.2 Å². The van der Waals surface area contributed by atoms with E-state index < -0.39 is 34.8 Å². The number of hydrogen-bond donors (Lipinski definition) is 1. The van der Waals surface area contributed by atoms with Crippen molar-refractivity contribution in [2.75, 3.05) is 127 Å². The molecule has 5 aliphatic heterocycles. The number of fused-ring (bicyclic) bond motifs is 1. The van der Waals surface area contributed by atoms with Gasteiger partial charge in [-0.1, -0.05) is 72.8 Å². The molecule has 3 aromatic heterocycles. The molecular formula is C61H66Br2F3N11O4. The van der Waals surface area contributed by atoms with Crippen LogP contribution in [0.2, 0.25) is 0 Å². The number of rotatable bonds is 11. The number of imide groups is 1. The quantitative estimate of drug-likeness (QED) is 0.0753. The number of benzene rings is 3. The lowest BCUT2D eigenvalue weighted by Crippen LogP contribution is -2.46. The summed E-state index contributed by atoms with van der Waals surface area (Å²) < 4.78 is 51.1. The van der Waals surface area contributed by atoms with E-state index in [4.69, 9.17) is 9.72 Å². The summed E-state index contributed by atoms with van der Waals surface area (Å²) in [5.41, 5.74) is 1.04. The molecule has 424 valence electrons. The zero-order chi connectivity index (χ0) is 57.2. The Bertz CT molecular complexity index is 3300. The number of piperazine rings is 3. The number of ether oxygens (including phenoxy) is 1. The molecule has 20 heteroatoms. The summed E-state index contributed by atoms with van der Waals surface area (Å²) in [7, 11) is 1.31. The summed E-state index contributed by atoms with van der Waals surface area (Å²) in [5, 5.41) is 2.26. The number of nitrogens with one attached hydrogen (secondary N) is 1. The number of hydrogen-bond acceptors (Lipinski definition) is 13. The summed E-state index contributed by atoms with van der Waals surface area (Å²) in [6.07, 6.45) is -0.283. The van der Waals surface area contributed by atoms with E-state index >= 15 is 4.39 Å². The molecule has 15 nitrogen and oxygen atoms in total. The van der Waals surface area contributed by atoms with Crippen LogP contribution in [-0.2, 0) is 16.1 Å². The van der Waals surface area contributed by atoms with E-state index in [0.717, 1.165) is 125 Å². The van der Waals surface area contributed by atoms with Crippen LogP contribution in [0.1, 0.15) is 48.7 Å². The first-order chi connectivity index (χ1) is 39.2. The largest absolute Gasteiger partial charge is 0.494 e. The van der Waals surface area contributed by atoms with Gasteiger partial charge in [0.1, 0.15) is 39.1 Å². The standard InChI is InChI=1S/C33H31F2N5O4.C17H19BrFN3.C11H16BrN3/c1-3-38-13-15-39(16-14-38)27-6-4-5-25(36-27)23-9-7-21(17-24(23)34)11-12-33(18-28(41)37-32(33)43)20-40-19-22-8-10-26(44-2)30(35)29(22)31(40)42;1-2-21-8-10-22(11-9-21)17-5-3-4-16(20-17)14-7-6-13(18)12-15(14)19;1-2-14-6-8-15(9-7-14)11-5-3-4-10(12)13-11/h4-10,17H,3,13-16,18-20H2,1-2H3,(H,37,41,43);3-7,12H,2,8-11H2,1H3;3-5H,2,6-9H2,1H3/t33-;;/m1../s1. The van der Waals surface area contributed by atoms with Gasteiger partial charge >= 0.3 is 0 Å². The van der Waals surface area contributed by atoms with Gasteiger partial charge in [-0.15, -0.1) is 0 Å². The van der Waals surface area contributed by atoms with Crippen LogP contribution in [0.25, 0.3) is 22.5 Å². The minimum Gasteiger partial charge on any atom is -0.494 e. The topological polar surface area (TPSA) is 134 Å². The van der Waals surface area contributed by atoms with Crippen LogP contribution >= 0.6 is 31.9 Å². The van der Waals surface area contributed by atoms with Crippen LogP contribution in [0.4, 0.5) is 30.6 Å². The van der Waals surface area contributed by atoms with Gasteiger partial charge in [-0.3, -0.25) is 19.7 Å². The predicted octanol–water partition coefficient (Wildman–Crippen LogP) is 9.00. The maximum Gasteiger partial charge on any atom is 0.257 e. The molecule has 0 aliphatic carbocycles. The highest BCUT2D eigenvalue weighted by Crippen LogP contribution is 2.36. The van der Waals surface area contributed by atoms with Crippen molar-refractivity contribution in [1.29, 1.82) is 0 Å². The molecule has 0 saturated carbocycles. The molecule has 4 fully saturated rings. The van der Waals surface area contributed by atoms with Gasteiger partial charge in [0, 0.05) is 113 Å². The maximum atomic E-state index is 15.4. The minimum atomic E-state index is -1.58. The summed E-state index contributed by atoms with van der Waals surface area (Å²) in [4.78, 5) is 67.6. The lowest BCUT2D eigenvalue weighted by atomic mass is 9.85. The zero-order valence-electron chi connectivity index (χ0n) is 46.0. The van der Waals surface area contributed by atoms with Gasteiger partial charge in [0.2, 0.25) is 11.8 Å². The van der Waals surface area contributed by atoms with Crippen LogP contribution in [0, 0.1) is 34.7 Å². The molecule has 0 radical (unpaired) electrons. The number of amides is 3. The van der Waals surface area contributed by atoms with Crippen LogP contribution in [-0.4, -0.2) is 164 Å². The van der Waals surface area contributed by atoms with E-state index in [0.29, 0.717) is 28.1 Å². The molecule has 1 N–H and O–H groups in total. The number of halogens is 5. The predicted molar refractivity (Wildman–Crippen MR) is 317 cm³/mol. The molecule has 0 bridgehead atoms. The van der Waals surface area contributed by atoms with Crippen molar-refractivity contribution in [2.45, 2.75) is 33.7 Å². The van der Waals surface area contributed by atoms with Gasteiger partial charge in [0.05, 0.1) is 30.5 Å². The van der Waals surface area contributed by atoms with Crippen LogP contribution in [0.15, 0.2) is 112 Å². The Morgan fingerprint density at radius 3 is 1.59 bits per heavy atom. The molecule has 81 heavy (non-hydrogen) atoms. The fraction of sp³-hybridized carbons (Fsp3) is 0.377. The molecule has 0 spiro atoms. The van der Waals surface area contributed by atoms with Crippen molar-refractivity contribution >= 4 is 67.0 Å². The van der Waals surface area contributed by atoms with Crippen molar-refractivity contribution in [3.05, 3.63) is 146 Å². The average Bonchev–Trinajstić information content (AvgIpc) is 4.11. The van der Waals surface area contributed by atoms with Gasteiger partial charge in [0.15, 0.2) is 11.6 Å². The summed E-state index contributed by atoms with van der Waals surface area (Å²) in [6.45, 7) is 21.6. The highest BCUT2D eigenvalue weighted by atomic mass is 79.9. The van der Waals surface area contributed by atoms with E-state index in [9.17, 15) is 23.2 Å². The van der Waals surface area contributed by atoms with Crippen molar-refractivity contribution in [3.63, 3.8) is 0 Å². The van der Waals surface area contributed by atoms with Crippen LogP contribution in [0.5, 0.6) is 5.75 Å². The van der Waals surface area contributed by atoms with Gasteiger partial charge in [-0.05, 0) is 120 Å². The average molecular weight is 1230 g/mol. The minimum absolute atomic E-state index is 0.0453. The Morgan fingerprint density at radius 1 is 0.617 bits per heavy atom. The van der Waals surface area contributed by atoms with Crippen molar-refractivity contribution in [1.82, 2.24) is 39.9 Å². The molecule has 3 amide bonds. The first-order valence-corrected chi connectivity index (χ1v) is 29.0. The molecule has 5 aliphatic rings. The highest BCUT2D eigenvalue weighted by Gasteiger charge is 2.49. The third-order valence-corrected chi connectivity index (χ3v) is 16.3. The second-order valence-corrected chi connectivity index (χ2v) is 22.1. The van der Waals surface area contributed by atoms with Crippen molar-refractivity contribution < 1.29 is 32.3 Å². The van der Waals surface area contributed by atoms with Crippen LogP contribution < -0.4 is 24.8 Å². The summed E-state index contributed by atoms with van der Waals surface area (Å²) in [6, 6.07) is 30.0. The van der Waals surface area contributed by atoms with E-state index in [2.05, 4.69) is 115 Å². The Labute approximate surface area is 488 Å². The normalized spacial score (nSPS) is 18.6. The SMILES string of the molecule is CCN1CCN(c2cccc(-c3ccc(Br)cc3F)n2)CC1.CCN1CCN(c2cccc(-c3ccc(C#C[C@]4(CN5Cc6ccc(OC)c(F)c6C5=O)CC(=O)NC4=O)cc3F)n2)CC1.CCN1CCN(c2cccc(Br)n2)CC1. The molecule has 8 heterocycles. The second-order valence-electron chi connectivity index (χ2n) is 20.3. The zero-order valence-corrected chi connectivity index (χ0v) is 49.2. The number of carbonyl (C=O) groups is 3. The van der Waals surface area contributed by atoms with Crippen molar-refractivity contribution in [3.8, 4) is 40.1 Å². The number of aromatic nitrogens is 3. The third-order valence-electron chi connectivity index (χ3n) is 15.4. The summed E-state index contributed by atoms with van der Waals surface area (Å²) in [5.74, 6) is 5.05. The first kappa shape index (κ1) is 58.8. The molecule has 6 aromatic rings. The van der Waals surface area contributed by atoms with Crippen molar-refractivity contribution in [2.24, 2.45) is 5.41 Å². The molecule has 1 atom stereocenters. The van der Waals surface area contributed by atoms with Gasteiger partial charge in [0.25, 0.3) is 5.91 Å². The maximum absolute atomic E-state index is 15.4. The van der Waals surface area contributed by atoms with E-state index in [1.54, 1.807) is 30.3 Å². The lowest BCUT2D eigenvalue weighted by molar-refractivity contribution is -0.127. The lowest BCUT2D eigenvalue weighted by Gasteiger charge is -2.34. The summed E-state index contributed by atoms with van der Waals surface area (Å²) >= 11 is 6.69. The number of likely N-dealkylation sites (N-methyl/N-ethyl adjacent to an activating group) is 3. The van der Waals surface area contributed by atoms with Gasteiger partial charge in [-0.25, -0.2) is 28.1 Å². The van der Waals surface area contributed by atoms with E-state index in [-0.39, 0.29) is 42.2 Å². The Kier molecular flexibility index (Phi) is 19.4. The first-order valence-electron chi connectivity index (χ1n) is 27.4. The number of carbonyl (C=O) groups excluding carboxylic acids is 3. The van der Waals surface area contributed by atoms with E-state index in [1.807, 2.05) is 48.5 Å². The van der Waals surface area contributed by atoms with Gasteiger partial charge < -0.3 is 39.0 Å².